The third-order valence-corrected chi connectivity index (χ3v) is 7.20. The number of benzene rings is 4. The van der Waals surface area contributed by atoms with Crippen molar-refractivity contribution < 1.29 is 19.1 Å². The topological polar surface area (TPSA) is 87.7 Å². The summed E-state index contributed by atoms with van der Waals surface area (Å²) in [5, 5.41) is 6.52. The van der Waals surface area contributed by atoms with Gasteiger partial charge in [-0.05, 0) is 84.9 Å². The highest BCUT2D eigenvalue weighted by Gasteiger charge is 2.40. The number of imide groups is 1. The molecule has 7 nitrogen and oxygen atoms in total. The molecular weight excluding hydrogens is 534 g/mol. The molecule has 0 aliphatic carbocycles. The molecule has 0 radical (unpaired) electrons. The smallest absolute Gasteiger partial charge is 0.283 e. The lowest BCUT2D eigenvalue weighted by Crippen LogP contribution is -2.32. The summed E-state index contributed by atoms with van der Waals surface area (Å²) in [5.41, 5.74) is 2.37. The van der Waals surface area contributed by atoms with E-state index in [4.69, 9.17) is 16.3 Å². The first-order chi connectivity index (χ1) is 18.9. The lowest BCUT2D eigenvalue weighted by atomic mass is 10.2. The summed E-state index contributed by atoms with van der Waals surface area (Å²) in [6.45, 7) is 0. The fraction of sp³-hybridized carbons (Fsp3) is 0.0333. The molecule has 1 aliphatic rings. The van der Waals surface area contributed by atoms with E-state index in [1.807, 2.05) is 6.07 Å². The number of amides is 3. The Morgan fingerprint density at radius 3 is 2.08 bits per heavy atom. The Morgan fingerprint density at radius 2 is 1.44 bits per heavy atom. The molecule has 1 heterocycles. The van der Waals surface area contributed by atoms with Crippen molar-refractivity contribution in [2.45, 2.75) is 4.90 Å². The van der Waals surface area contributed by atoms with Gasteiger partial charge in [-0.1, -0.05) is 41.6 Å². The lowest BCUT2D eigenvalue weighted by Gasteiger charge is -2.15. The van der Waals surface area contributed by atoms with Crippen LogP contribution in [0.2, 0.25) is 5.02 Å². The Bertz CT molecular complexity index is 1560. The quantitative estimate of drug-likeness (QED) is 0.238. The number of halogens is 1. The maximum Gasteiger partial charge on any atom is 0.283 e. The third-order valence-electron chi connectivity index (χ3n) is 5.85. The summed E-state index contributed by atoms with van der Waals surface area (Å²) in [5.74, 6) is -0.466. The molecule has 4 aromatic rings. The van der Waals surface area contributed by atoms with Crippen LogP contribution in [-0.4, -0.2) is 24.8 Å². The van der Waals surface area contributed by atoms with Crippen molar-refractivity contribution in [1.29, 1.82) is 0 Å². The predicted molar refractivity (Wildman–Crippen MR) is 154 cm³/mol. The molecule has 3 amide bonds. The van der Waals surface area contributed by atoms with Gasteiger partial charge in [-0.15, -0.1) is 0 Å². The van der Waals surface area contributed by atoms with Crippen molar-refractivity contribution in [3.8, 4) is 5.75 Å². The molecule has 9 heteroatoms. The van der Waals surface area contributed by atoms with Crippen LogP contribution in [0.25, 0.3) is 0 Å². The molecule has 0 saturated carbocycles. The van der Waals surface area contributed by atoms with Gasteiger partial charge in [0.2, 0.25) is 0 Å². The molecule has 5 rings (SSSR count). The van der Waals surface area contributed by atoms with E-state index in [0.717, 1.165) is 9.80 Å². The van der Waals surface area contributed by atoms with Gasteiger partial charge in [0.25, 0.3) is 17.7 Å². The van der Waals surface area contributed by atoms with Gasteiger partial charge in [0.15, 0.2) is 0 Å². The van der Waals surface area contributed by atoms with Crippen molar-refractivity contribution in [3.05, 3.63) is 124 Å². The van der Waals surface area contributed by atoms with E-state index in [0.29, 0.717) is 33.4 Å². The Balaban J connectivity index is 1.39. The van der Waals surface area contributed by atoms with Crippen molar-refractivity contribution in [2.75, 3.05) is 22.6 Å². The van der Waals surface area contributed by atoms with E-state index in [2.05, 4.69) is 10.6 Å². The number of methoxy groups -OCH3 is 1. The fourth-order valence-corrected chi connectivity index (χ4v) is 4.93. The average molecular weight is 556 g/mol. The van der Waals surface area contributed by atoms with Crippen molar-refractivity contribution in [2.24, 2.45) is 0 Å². The normalized spacial score (nSPS) is 13.0. The Morgan fingerprint density at radius 1 is 0.795 bits per heavy atom. The number of para-hydroxylation sites is 1. The minimum Gasteiger partial charge on any atom is -0.497 e. The van der Waals surface area contributed by atoms with Crippen LogP contribution >= 0.6 is 23.4 Å². The zero-order valence-corrected chi connectivity index (χ0v) is 22.3. The fourth-order valence-electron chi connectivity index (χ4n) is 3.87. The number of hydrogen-bond acceptors (Lipinski definition) is 6. The van der Waals surface area contributed by atoms with Crippen LogP contribution in [0.15, 0.2) is 119 Å². The highest BCUT2D eigenvalue weighted by molar-refractivity contribution is 8.04. The first-order valence-corrected chi connectivity index (χ1v) is 13.1. The summed E-state index contributed by atoms with van der Waals surface area (Å²) in [7, 11) is 1.57. The second kappa shape index (κ2) is 11.5. The van der Waals surface area contributed by atoms with Gasteiger partial charge in [-0.2, -0.15) is 0 Å². The van der Waals surface area contributed by atoms with E-state index in [-0.39, 0.29) is 16.5 Å². The second-order valence-electron chi connectivity index (χ2n) is 8.43. The molecule has 0 bridgehead atoms. The molecular formula is C30H22ClN3O4S. The Labute approximate surface area is 234 Å². The number of ether oxygens (including phenoxy) is 1. The van der Waals surface area contributed by atoms with Gasteiger partial charge >= 0.3 is 0 Å². The molecule has 39 heavy (non-hydrogen) atoms. The Kier molecular flexibility index (Phi) is 7.67. The van der Waals surface area contributed by atoms with Crippen LogP contribution in [0.4, 0.5) is 17.1 Å². The molecule has 0 aromatic heterocycles. The number of anilines is 3. The zero-order valence-electron chi connectivity index (χ0n) is 20.7. The van der Waals surface area contributed by atoms with E-state index < -0.39 is 11.8 Å². The monoisotopic (exact) mass is 555 g/mol. The van der Waals surface area contributed by atoms with Gasteiger partial charge in [-0.3, -0.25) is 14.4 Å². The van der Waals surface area contributed by atoms with E-state index in [9.17, 15) is 14.4 Å². The number of carbonyl (C=O) groups is 3. The van der Waals surface area contributed by atoms with Crippen LogP contribution in [0.5, 0.6) is 5.75 Å². The van der Waals surface area contributed by atoms with Gasteiger partial charge < -0.3 is 15.4 Å². The van der Waals surface area contributed by atoms with Crippen LogP contribution in [-0.2, 0) is 9.59 Å². The van der Waals surface area contributed by atoms with Crippen LogP contribution in [0.1, 0.15) is 10.4 Å². The summed E-state index contributed by atoms with van der Waals surface area (Å²) in [4.78, 5) is 41.7. The lowest BCUT2D eigenvalue weighted by molar-refractivity contribution is -0.120. The predicted octanol–water partition coefficient (Wildman–Crippen LogP) is 6.59. The van der Waals surface area contributed by atoms with Gasteiger partial charge in [0.1, 0.15) is 16.4 Å². The van der Waals surface area contributed by atoms with Crippen molar-refractivity contribution >= 4 is 58.1 Å². The van der Waals surface area contributed by atoms with Crippen LogP contribution < -0.4 is 20.3 Å². The minimum atomic E-state index is -0.448. The average Bonchev–Trinajstić information content (AvgIpc) is 3.19. The first kappa shape index (κ1) is 26.1. The molecule has 0 fully saturated rings. The maximum absolute atomic E-state index is 13.5. The number of nitrogens with zero attached hydrogens (tertiary/aromatic N) is 1. The number of rotatable bonds is 8. The van der Waals surface area contributed by atoms with Crippen molar-refractivity contribution in [1.82, 2.24) is 0 Å². The zero-order chi connectivity index (χ0) is 27.4. The highest BCUT2D eigenvalue weighted by Crippen LogP contribution is 2.38. The Hall–Kier alpha value is -4.53. The molecule has 0 spiro atoms. The summed E-state index contributed by atoms with van der Waals surface area (Å²) < 4.78 is 5.21. The van der Waals surface area contributed by atoms with E-state index >= 15 is 0 Å². The summed E-state index contributed by atoms with van der Waals surface area (Å²) in [6, 6.07) is 29.5. The van der Waals surface area contributed by atoms with Gasteiger partial charge in [0.05, 0.1) is 12.8 Å². The molecule has 4 aromatic carbocycles. The number of carbonyl (C=O) groups excluding carboxylic acids is 3. The second-order valence-corrected chi connectivity index (χ2v) is 9.95. The molecule has 194 valence electrons. The van der Waals surface area contributed by atoms with Crippen molar-refractivity contribution in [3.63, 3.8) is 0 Å². The van der Waals surface area contributed by atoms with E-state index in [1.165, 1.54) is 11.8 Å². The first-order valence-electron chi connectivity index (χ1n) is 11.9. The molecule has 1 aliphatic heterocycles. The standard InChI is InChI=1S/C30H22ClN3O4S/c1-38-24-15-11-21(12-16-24)32-26-27(30(37)34(29(26)36)23-5-3-2-4-6-23)39-25-17-13-22(14-18-25)33-28(35)19-7-9-20(31)10-8-19/h2-18,32H,1H3,(H,33,35). The molecule has 0 atom stereocenters. The molecule has 0 unspecified atom stereocenters. The molecule has 2 N–H and O–H groups in total. The largest absolute Gasteiger partial charge is 0.497 e. The summed E-state index contributed by atoms with van der Waals surface area (Å²) >= 11 is 7.07. The minimum absolute atomic E-state index is 0.180. The van der Waals surface area contributed by atoms with Gasteiger partial charge in [-0.25, -0.2) is 4.90 Å². The summed E-state index contributed by atoms with van der Waals surface area (Å²) in [6.07, 6.45) is 0. The van der Waals surface area contributed by atoms with Crippen LogP contribution in [0.3, 0.4) is 0 Å². The number of nitrogens with one attached hydrogen (secondary N) is 2. The SMILES string of the molecule is COc1ccc(NC2=C(Sc3ccc(NC(=O)c4ccc(Cl)cc4)cc3)C(=O)N(c3ccccc3)C2=O)cc1. The number of hydrogen-bond donors (Lipinski definition) is 2. The van der Waals surface area contributed by atoms with E-state index in [1.54, 1.807) is 104 Å². The molecule has 0 saturated heterocycles. The maximum atomic E-state index is 13.5. The van der Waals surface area contributed by atoms with Crippen LogP contribution in [0, 0.1) is 0 Å². The van der Waals surface area contributed by atoms with Gasteiger partial charge in [0, 0.05) is 26.9 Å². The highest BCUT2D eigenvalue weighted by atomic mass is 35.5. The number of thioether (sulfide) groups is 1. The third kappa shape index (κ3) is 5.82.